The molecule has 0 atom stereocenters. The van der Waals surface area contributed by atoms with Crippen LogP contribution < -0.4 is 5.73 Å². The Labute approximate surface area is 95.7 Å². The molecule has 16 heavy (non-hydrogen) atoms. The molecule has 2 nitrogen and oxygen atoms in total. The van der Waals surface area contributed by atoms with Gasteiger partial charge >= 0.3 is 0 Å². The van der Waals surface area contributed by atoms with Crippen LogP contribution in [-0.2, 0) is 0 Å². The van der Waals surface area contributed by atoms with Crippen molar-refractivity contribution in [3.8, 4) is 11.3 Å². The highest BCUT2D eigenvalue weighted by molar-refractivity contribution is 7.80. The van der Waals surface area contributed by atoms with Crippen LogP contribution in [0.1, 0.15) is 5.76 Å². The van der Waals surface area contributed by atoms with E-state index in [2.05, 4.69) is 0 Å². The van der Waals surface area contributed by atoms with Gasteiger partial charge in [0.2, 0.25) is 0 Å². The quantitative estimate of drug-likeness (QED) is 0.819. The summed E-state index contributed by atoms with van der Waals surface area (Å²) in [6, 6.07) is 6.69. The Morgan fingerprint density at radius 1 is 1.12 bits per heavy atom. The highest BCUT2D eigenvalue weighted by atomic mass is 32.1. The average molecular weight is 239 g/mol. The predicted molar refractivity (Wildman–Crippen MR) is 59.9 cm³/mol. The van der Waals surface area contributed by atoms with Crippen LogP contribution in [0.5, 0.6) is 0 Å². The molecule has 0 aliphatic rings. The van der Waals surface area contributed by atoms with Crippen LogP contribution in [-0.4, -0.2) is 4.99 Å². The van der Waals surface area contributed by atoms with Crippen LogP contribution in [0.2, 0.25) is 0 Å². The summed E-state index contributed by atoms with van der Waals surface area (Å²) >= 11 is 4.72. The highest BCUT2D eigenvalue weighted by Gasteiger charge is 2.09. The number of halogens is 2. The Bertz CT molecular complexity index is 551. The van der Waals surface area contributed by atoms with Crippen LogP contribution in [0.15, 0.2) is 34.7 Å². The number of hydrogen-bond donors (Lipinski definition) is 1. The molecule has 2 rings (SSSR count). The summed E-state index contributed by atoms with van der Waals surface area (Å²) in [6.07, 6.45) is 0. The minimum atomic E-state index is -0.925. The van der Waals surface area contributed by atoms with Crippen LogP contribution in [0.3, 0.4) is 0 Å². The Morgan fingerprint density at radius 2 is 1.88 bits per heavy atom. The summed E-state index contributed by atoms with van der Waals surface area (Å²) in [4.78, 5) is 0.119. The largest absolute Gasteiger partial charge is 0.454 e. The molecular weight excluding hydrogens is 232 g/mol. The second-order valence-electron chi connectivity index (χ2n) is 3.16. The number of benzene rings is 1. The van der Waals surface area contributed by atoms with Crippen molar-refractivity contribution >= 4 is 17.2 Å². The van der Waals surface area contributed by atoms with E-state index in [4.69, 9.17) is 22.4 Å². The predicted octanol–water partition coefficient (Wildman–Crippen LogP) is 2.86. The Hall–Kier alpha value is -1.75. The van der Waals surface area contributed by atoms with Gasteiger partial charge in [0.05, 0.1) is 0 Å². The van der Waals surface area contributed by atoms with E-state index in [9.17, 15) is 8.78 Å². The molecule has 0 fully saturated rings. The topological polar surface area (TPSA) is 39.2 Å². The molecule has 0 aliphatic heterocycles. The second kappa shape index (κ2) is 4.02. The minimum Gasteiger partial charge on any atom is -0.454 e. The zero-order chi connectivity index (χ0) is 11.7. The first-order chi connectivity index (χ1) is 7.58. The standard InChI is InChI=1S/C11H7F2NOS/c12-7-2-1-6(5-8(7)13)9-3-4-10(15-9)11(14)16/h1-5H,(H2,14,16). The second-order valence-corrected chi connectivity index (χ2v) is 3.60. The third kappa shape index (κ3) is 1.94. The number of nitrogens with two attached hydrogens (primary N) is 1. The maximum Gasteiger partial charge on any atom is 0.161 e. The number of thiocarbonyl (C=S) groups is 1. The smallest absolute Gasteiger partial charge is 0.161 e. The van der Waals surface area contributed by atoms with Gasteiger partial charge in [-0.1, -0.05) is 12.2 Å². The van der Waals surface area contributed by atoms with E-state index >= 15 is 0 Å². The summed E-state index contributed by atoms with van der Waals surface area (Å²) in [7, 11) is 0. The number of hydrogen-bond acceptors (Lipinski definition) is 2. The van der Waals surface area contributed by atoms with Gasteiger partial charge in [-0.05, 0) is 30.3 Å². The first-order valence-electron chi connectivity index (χ1n) is 4.43. The van der Waals surface area contributed by atoms with Gasteiger partial charge < -0.3 is 10.2 Å². The molecule has 0 unspecified atom stereocenters. The first-order valence-corrected chi connectivity index (χ1v) is 4.84. The molecule has 0 amide bonds. The van der Waals surface area contributed by atoms with Crippen molar-refractivity contribution < 1.29 is 13.2 Å². The highest BCUT2D eigenvalue weighted by Crippen LogP contribution is 2.23. The van der Waals surface area contributed by atoms with Gasteiger partial charge in [-0.3, -0.25) is 0 Å². The van der Waals surface area contributed by atoms with Crippen molar-refractivity contribution in [1.29, 1.82) is 0 Å². The fraction of sp³-hybridized carbons (Fsp3) is 0. The molecular formula is C11H7F2NOS. The third-order valence-corrected chi connectivity index (χ3v) is 2.25. The van der Waals surface area contributed by atoms with Crippen LogP contribution in [0, 0.1) is 11.6 Å². The molecule has 5 heteroatoms. The van der Waals surface area contributed by atoms with Gasteiger partial charge in [-0.15, -0.1) is 0 Å². The van der Waals surface area contributed by atoms with Crippen LogP contribution in [0.25, 0.3) is 11.3 Å². The van der Waals surface area contributed by atoms with E-state index < -0.39 is 11.6 Å². The van der Waals surface area contributed by atoms with Crippen molar-refractivity contribution in [3.63, 3.8) is 0 Å². The van der Waals surface area contributed by atoms with E-state index in [1.165, 1.54) is 6.07 Å². The van der Waals surface area contributed by atoms with Gasteiger partial charge in [0.25, 0.3) is 0 Å². The fourth-order valence-electron chi connectivity index (χ4n) is 1.27. The Kier molecular flexibility index (Phi) is 2.70. The lowest BCUT2D eigenvalue weighted by atomic mass is 10.1. The molecule has 0 bridgehead atoms. The maximum atomic E-state index is 13.0. The van der Waals surface area contributed by atoms with E-state index in [1.54, 1.807) is 12.1 Å². The molecule has 0 spiro atoms. The molecule has 82 valence electrons. The average Bonchev–Trinajstić information content (AvgIpc) is 2.71. The zero-order valence-electron chi connectivity index (χ0n) is 8.04. The first kappa shape index (κ1) is 10.8. The molecule has 1 aromatic carbocycles. The monoisotopic (exact) mass is 239 g/mol. The van der Waals surface area contributed by atoms with Crippen molar-refractivity contribution in [2.75, 3.05) is 0 Å². The molecule has 0 saturated heterocycles. The van der Waals surface area contributed by atoms with Gasteiger partial charge in [-0.25, -0.2) is 8.78 Å². The molecule has 1 aromatic heterocycles. The number of furan rings is 1. The van der Waals surface area contributed by atoms with Crippen molar-refractivity contribution in [2.45, 2.75) is 0 Å². The van der Waals surface area contributed by atoms with E-state index in [1.807, 2.05) is 0 Å². The van der Waals surface area contributed by atoms with Gasteiger partial charge in [0.1, 0.15) is 10.7 Å². The lowest BCUT2D eigenvalue weighted by Gasteiger charge is -1.98. The SMILES string of the molecule is NC(=S)c1ccc(-c2ccc(F)c(F)c2)o1. The van der Waals surface area contributed by atoms with E-state index in [-0.39, 0.29) is 4.99 Å². The molecule has 2 aromatic rings. The van der Waals surface area contributed by atoms with Gasteiger partial charge in [0.15, 0.2) is 17.4 Å². The van der Waals surface area contributed by atoms with Gasteiger partial charge in [0, 0.05) is 5.56 Å². The van der Waals surface area contributed by atoms with Crippen LogP contribution >= 0.6 is 12.2 Å². The Morgan fingerprint density at radius 3 is 2.44 bits per heavy atom. The Balaban J connectivity index is 2.42. The van der Waals surface area contributed by atoms with Crippen molar-refractivity contribution in [3.05, 3.63) is 47.7 Å². The minimum absolute atomic E-state index is 0.119. The summed E-state index contributed by atoms with van der Waals surface area (Å²) in [5.41, 5.74) is 5.79. The number of rotatable bonds is 2. The van der Waals surface area contributed by atoms with Gasteiger partial charge in [-0.2, -0.15) is 0 Å². The lowest BCUT2D eigenvalue weighted by molar-refractivity contribution is 0.507. The maximum absolute atomic E-state index is 13.0. The third-order valence-electron chi connectivity index (χ3n) is 2.05. The fourth-order valence-corrected chi connectivity index (χ4v) is 1.38. The summed E-state index contributed by atoms with van der Waals surface area (Å²) in [5.74, 6) is -1.09. The molecule has 0 radical (unpaired) electrons. The molecule has 0 aliphatic carbocycles. The normalized spacial score (nSPS) is 10.4. The van der Waals surface area contributed by atoms with E-state index in [0.29, 0.717) is 17.1 Å². The summed E-state index contributed by atoms with van der Waals surface area (Å²) < 4.78 is 30.9. The molecule has 1 heterocycles. The zero-order valence-corrected chi connectivity index (χ0v) is 8.85. The van der Waals surface area contributed by atoms with Crippen molar-refractivity contribution in [1.82, 2.24) is 0 Å². The molecule has 0 saturated carbocycles. The van der Waals surface area contributed by atoms with Crippen molar-refractivity contribution in [2.24, 2.45) is 5.73 Å². The molecule has 2 N–H and O–H groups in total. The lowest BCUT2D eigenvalue weighted by Crippen LogP contribution is -2.07. The van der Waals surface area contributed by atoms with E-state index in [0.717, 1.165) is 12.1 Å². The van der Waals surface area contributed by atoms with Crippen LogP contribution in [0.4, 0.5) is 8.78 Å². The summed E-state index contributed by atoms with van der Waals surface area (Å²) in [5, 5.41) is 0. The summed E-state index contributed by atoms with van der Waals surface area (Å²) in [6.45, 7) is 0.